The van der Waals surface area contributed by atoms with Gasteiger partial charge in [-0.05, 0) is 24.6 Å². The van der Waals surface area contributed by atoms with Crippen LogP contribution in [-0.4, -0.2) is 47.7 Å². The van der Waals surface area contributed by atoms with Crippen LogP contribution in [0.5, 0.6) is 0 Å². The molecule has 1 saturated heterocycles. The Balaban J connectivity index is 2.30. The van der Waals surface area contributed by atoms with Gasteiger partial charge in [0.1, 0.15) is 0 Å². The Bertz CT molecular complexity index is 726. The zero-order valence-corrected chi connectivity index (χ0v) is 13.0. The minimum absolute atomic E-state index is 0.108. The molecule has 8 heteroatoms. The first-order chi connectivity index (χ1) is 9.10. The van der Waals surface area contributed by atoms with E-state index >= 15 is 0 Å². The molecule has 1 unspecified atom stereocenters. The second-order valence-electron chi connectivity index (χ2n) is 5.16. The first-order valence-corrected chi connectivity index (χ1v) is 9.84. The highest BCUT2D eigenvalue weighted by Gasteiger charge is 2.31. The lowest BCUT2D eigenvalue weighted by Gasteiger charge is -2.27. The maximum atomic E-state index is 11.5. The third-order valence-electron chi connectivity index (χ3n) is 3.56. The van der Waals surface area contributed by atoms with Gasteiger partial charge in [-0.1, -0.05) is 0 Å². The summed E-state index contributed by atoms with van der Waals surface area (Å²) in [6, 6.07) is 4.40. The third kappa shape index (κ3) is 3.06. The maximum absolute atomic E-state index is 11.5. The van der Waals surface area contributed by atoms with E-state index < -0.39 is 19.7 Å². The first kappa shape index (κ1) is 15.1. The van der Waals surface area contributed by atoms with Crippen molar-refractivity contribution in [2.75, 3.05) is 35.4 Å². The predicted molar refractivity (Wildman–Crippen MR) is 79.4 cm³/mol. The van der Waals surface area contributed by atoms with E-state index in [9.17, 15) is 16.8 Å². The highest BCUT2D eigenvalue weighted by Crippen LogP contribution is 2.29. The number of sulfone groups is 2. The Morgan fingerprint density at radius 3 is 2.45 bits per heavy atom. The Morgan fingerprint density at radius 2 is 2.00 bits per heavy atom. The van der Waals surface area contributed by atoms with E-state index in [1.807, 2.05) is 4.90 Å². The molecule has 0 bridgehead atoms. The van der Waals surface area contributed by atoms with Crippen molar-refractivity contribution in [3.05, 3.63) is 18.2 Å². The van der Waals surface area contributed by atoms with Gasteiger partial charge < -0.3 is 10.6 Å². The Morgan fingerprint density at radius 1 is 1.35 bits per heavy atom. The molecule has 1 aromatic carbocycles. The third-order valence-corrected chi connectivity index (χ3v) is 6.42. The highest BCUT2D eigenvalue weighted by molar-refractivity contribution is 7.91. The number of hydrogen-bond acceptors (Lipinski definition) is 6. The SMILES string of the molecule is CN(c1ccc(S(C)(=O)=O)cc1N)C1CCS(=O)(=O)C1. The molecule has 1 heterocycles. The molecule has 0 aromatic heterocycles. The summed E-state index contributed by atoms with van der Waals surface area (Å²) in [7, 11) is -4.50. The molecule has 0 radical (unpaired) electrons. The molecule has 1 fully saturated rings. The summed E-state index contributed by atoms with van der Waals surface area (Å²) < 4.78 is 45.9. The van der Waals surface area contributed by atoms with Gasteiger partial charge in [0.2, 0.25) is 0 Å². The second kappa shape index (κ2) is 4.92. The average Bonchev–Trinajstić information content (AvgIpc) is 2.67. The minimum atomic E-state index is -3.30. The lowest BCUT2D eigenvalue weighted by molar-refractivity contribution is 0.600. The molecule has 0 saturated carbocycles. The Hall–Kier alpha value is -1.28. The number of nitrogens with two attached hydrogens (primary N) is 1. The molecule has 112 valence electrons. The van der Waals surface area contributed by atoms with Crippen molar-refractivity contribution >= 4 is 31.0 Å². The molecule has 1 aliphatic rings. The van der Waals surface area contributed by atoms with Gasteiger partial charge in [0.25, 0.3) is 0 Å². The number of nitrogens with zero attached hydrogens (tertiary/aromatic N) is 1. The van der Waals surface area contributed by atoms with E-state index in [-0.39, 0.29) is 22.4 Å². The van der Waals surface area contributed by atoms with Gasteiger partial charge in [0.05, 0.1) is 27.8 Å². The van der Waals surface area contributed by atoms with Crippen molar-refractivity contribution < 1.29 is 16.8 Å². The van der Waals surface area contributed by atoms with Gasteiger partial charge in [-0.15, -0.1) is 0 Å². The summed E-state index contributed by atoms with van der Waals surface area (Å²) in [5.41, 5.74) is 6.88. The minimum Gasteiger partial charge on any atom is -0.397 e. The van der Waals surface area contributed by atoms with Crippen molar-refractivity contribution in [2.45, 2.75) is 17.4 Å². The fraction of sp³-hybridized carbons (Fsp3) is 0.500. The van der Waals surface area contributed by atoms with Crippen LogP contribution in [0.1, 0.15) is 6.42 Å². The summed E-state index contributed by atoms with van der Waals surface area (Å²) in [6.07, 6.45) is 1.68. The van der Waals surface area contributed by atoms with Crippen LogP contribution in [0.15, 0.2) is 23.1 Å². The fourth-order valence-electron chi connectivity index (χ4n) is 2.36. The highest BCUT2D eigenvalue weighted by atomic mass is 32.2. The van der Waals surface area contributed by atoms with Crippen LogP contribution in [0.2, 0.25) is 0 Å². The van der Waals surface area contributed by atoms with Crippen molar-refractivity contribution in [2.24, 2.45) is 0 Å². The van der Waals surface area contributed by atoms with Gasteiger partial charge in [-0.2, -0.15) is 0 Å². The number of rotatable bonds is 3. The molecule has 20 heavy (non-hydrogen) atoms. The van der Waals surface area contributed by atoms with Crippen LogP contribution in [0.3, 0.4) is 0 Å². The Kier molecular flexibility index (Phi) is 3.72. The number of hydrogen-bond donors (Lipinski definition) is 1. The standard InChI is InChI=1S/C12H18N2O4S2/c1-14(9-5-6-20(17,18)8-9)12-4-3-10(7-11(12)13)19(2,15)16/h3-4,7,9H,5-6,8,13H2,1-2H3. The van der Waals surface area contributed by atoms with Crippen LogP contribution >= 0.6 is 0 Å². The molecule has 2 rings (SSSR count). The summed E-state index contributed by atoms with van der Waals surface area (Å²) in [6.45, 7) is 0. The normalized spacial score (nSPS) is 21.8. The van der Waals surface area contributed by atoms with E-state index in [4.69, 9.17) is 5.73 Å². The van der Waals surface area contributed by atoms with Crippen molar-refractivity contribution in [3.8, 4) is 0 Å². The molecule has 6 nitrogen and oxygen atoms in total. The van der Waals surface area contributed by atoms with Gasteiger partial charge in [-0.3, -0.25) is 0 Å². The smallest absolute Gasteiger partial charge is 0.175 e. The molecule has 1 atom stereocenters. The number of nitrogen functional groups attached to an aromatic ring is 1. The van der Waals surface area contributed by atoms with E-state index in [2.05, 4.69) is 0 Å². The predicted octanol–water partition coefficient (Wildman–Crippen LogP) is 0.296. The largest absolute Gasteiger partial charge is 0.397 e. The van der Waals surface area contributed by atoms with Crippen molar-refractivity contribution in [1.29, 1.82) is 0 Å². The van der Waals surface area contributed by atoms with Crippen LogP contribution in [0.4, 0.5) is 11.4 Å². The molecule has 0 aliphatic carbocycles. The van der Waals surface area contributed by atoms with E-state index in [0.717, 1.165) is 6.26 Å². The first-order valence-electron chi connectivity index (χ1n) is 6.13. The molecule has 1 aromatic rings. The lowest BCUT2D eigenvalue weighted by Crippen LogP contribution is -2.33. The van der Waals surface area contributed by atoms with Gasteiger partial charge in [-0.25, -0.2) is 16.8 Å². The van der Waals surface area contributed by atoms with E-state index in [1.165, 1.54) is 12.1 Å². The van der Waals surface area contributed by atoms with Crippen LogP contribution in [-0.2, 0) is 19.7 Å². The molecule has 2 N–H and O–H groups in total. The fourth-order valence-corrected chi connectivity index (χ4v) is 4.79. The van der Waals surface area contributed by atoms with Crippen LogP contribution < -0.4 is 10.6 Å². The number of benzene rings is 1. The molecule has 0 amide bonds. The molecular weight excluding hydrogens is 300 g/mol. The topological polar surface area (TPSA) is 97.5 Å². The summed E-state index contributed by atoms with van der Waals surface area (Å²) in [5, 5.41) is 0. The van der Waals surface area contributed by atoms with Crippen molar-refractivity contribution in [1.82, 2.24) is 0 Å². The molecule has 1 aliphatic heterocycles. The monoisotopic (exact) mass is 318 g/mol. The van der Waals surface area contributed by atoms with Gasteiger partial charge in [0.15, 0.2) is 19.7 Å². The summed E-state index contributed by atoms with van der Waals surface area (Å²) in [5.74, 6) is 0.292. The summed E-state index contributed by atoms with van der Waals surface area (Å²) in [4.78, 5) is 1.97. The average molecular weight is 318 g/mol. The van der Waals surface area contributed by atoms with Gasteiger partial charge in [0, 0.05) is 19.3 Å². The Labute approximate surface area is 119 Å². The lowest BCUT2D eigenvalue weighted by atomic mass is 10.2. The zero-order chi connectivity index (χ0) is 15.1. The van der Waals surface area contributed by atoms with E-state index in [1.54, 1.807) is 13.1 Å². The zero-order valence-electron chi connectivity index (χ0n) is 11.4. The maximum Gasteiger partial charge on any atom is 0.175 e. The quantitative estimate of drug-likeness (QED) is 0.805. The van der Waals surface area contributed by atoms with E-state index in [0.29, 0.717) is 17.8 Å². The van der Waals surface area contributed by atoms with Crippen LogP contribution in [0.25, 0.3) is 0 Å². The molecular formula is C12H18N2O4S2. The van der Waals surface area contributed by atoms with Gasteiger partial charge >= 0.3 is 0 Å². The summed E-state index contributed by atoms with van der Waals surface area (Å²) >= 11 is 0. The molecule has 0 spiro atoms. The second-order valence-corrected chi connectivity index (χ2v) is 9.41. The number of anilines is 2. The van der Waals surface area contributed by atoms with Crippen molar-refractivity contribution in [3.63, 3.8) is 0 Å². The van der Waals surface area contributed by atoms with Crippen LogP contribution in [0, 0.1) is 0 Å².